The summed E-state index contributed by atoms with van der Waals surface area (Å²) in [6, 6.07) is 6.57. The molecule has 0 aliphatic carbocycles. The van der Waals surface area contributed by atoms with Crippen LogP contribution in [0.25, 0.3) is 0 Å². The van der Waals surface area contributed by atoms with E-state index >= 15 is 0 Å². The van der Waals surface area contributed by atoms with Crippen LogP contribution in [0, 0.1) is 0 Å². The van der Waals surface area contributed by atoms with Crippen molar-refractivity contribution in [2.75, 3.05) is 6.79 Å². The highest BCUT2D eigenvalue weighted by atomic mass is 16.7. The van der Waals surface area contributed by atoms with E-state index in [-0.39, 0.29) is 18.8 Å². The maximum absolute atomic E-state index is 11.6. The van der Waals surface area contributed by atoms with E-state index < -0.39 is 11.9 Å². The van der Waals surface area contributed by atoms with Gasteiger partial charge in [0.25, 0.3) is 0 Å². The van der Waals surface area contributed by atoms with Crippen molar-refractivity contribution in [2.24, 2.45) is 0 Å². The lowest BCUT2D eigenvalue weighted by Gasteiger charge is -2.19. The second-order valence-electron chi connectivity index (χ2n) is 6.89. The molecule has 0 unspecified atom stereocenters. The molecule has 0 saturated carbocycles. The minimum Gasteiger partial charge on any atom is -0.481 e. The number of hydrogen-bond acceptors (Lipinski definition) is 5. The van der Waals surface area contributed by atoms with Gasteiger partial charge in [-0.1, -0.05) is 32.8 Å². The lowest BCUT2D eigenvalue weighted by atomic mass is 9.98. The smallest absolute Gasteiger partial charge is 0.335 e. The Hall–Kier alpha value is -3.22. The number of aliphatic carboxylic acids is 1. The SMILES string of the molecule is CCCc1cc(C(=O)O)cc(CCC)c1Oc1c(CC(=O)O)ccc2c1OCO2. The van der Waals surface area contributed by atoms with Crippen molar-refractivity contribution in [3.8, 4) is 23.0 Å². The summed E-state index contributed by atoms with van der Waals surface area (Å²) in [5.41, 5.74) is 2.23. The highest BCUT2D eigenvalue weighted by Crippen LogP contribution is 2.46. The molecule has 1 heterocycles. The van der Waals surface area contributed by atoms with Gasteiger partial charge >= 0.3 is 11.9 Å². The van der Waals surface area contributed by atoms with Crippen LogP contribution >= 0.6 is 0 Å². The molecular formula is C22H24O7. The number of rotatable bonds is 9. The van der Waals surface area contributed by atoms with Crippen LogP contribution in [0.15, 0.2) is 24.3 Å². The van der Waals surface area contributed by atoms with E-state index in [1.165, 1.54) is 0 Å². The van der Waals surface area contributed by atoms with Crippen LogP contribution in [-0.4, -0.2) is 28.9 Å². The molecule has 0 amide bonds. The van der Waals surface area contributed by atoms with E-state index in [1.807, 2.05) is 13.8 Å². The minimum atomic E-state index is -0.991. The Morgan fingerprint density at radius 3 is 2.17 bits per heavy atom. The largest absolute Gasteiger partial charge is 0.481 e. The molecule has 29 heavy (non-hydrogen) atoms. The Balaban J connectivity index is 2.15. The number of aromatic carboxylic acids is 1. The lowest BCUT2D eigenvalue weighted by molar-refractivity contribution is -0.136. The van der Waals surface area contributed by atoms with Crippen molar-refractivity contribution < 1.29 is 34.0 Å². The number of aryl methyl sites for hydroxylation is 2. The predicted octanol–water partition coefficient (Wildman–Crippen LogP) is 4.44. The van der Waals surface area contributed by atoms with E-state index in [1.54, 1.807) is 24.3 Å². The zero-order valence-corrected chi connectivity index (χ0v) is 16.5. The van der Waals surface area contributed by atoms with Crippen molar-refractivity contribution in [2.45, 2.75) is 46.0 Å². The van der Waals surface area contributed by atoms with Crippen LogP contribution in [0.5, 0.6) is 23.0 Å². The number of carbonyl (C=O) groups is 2. The summed E-state index contributed by atoms with van der Waals surface area (Å²) in [5.74, 6) is -0.247. The zero-order valence-electron chi connectivity index (χ0n) is 16.5. The van der Waals surface area contributed by atoms with Gasteiger partial charge in [-0.05, 0) is 42.2 Å². The number of benzene rings is 2. The Bertz CT molecular complexity index is 906. The first kappa shape index (κ1) is 20.5. The molecule has 1 aliphatic heterocycles. The molecule has 0 fully saturated rings. The fourth-order valence-electron chi connectivity index (χ4n) is 3.42. The molecule has 2 aromatic rings. The monoisotopic (exact) mass is 400 g/mol. The third kappa shape index (κ3) is 4.45. The highest BCUT2D eigenvalue weighted by Gasteiger charge is 2.26. The minimum absolute atomic E-state index is 0.0316. The fourth-order valence-corrected chi connectivity index (χ4v) is 3.42. The molecule has 7 nitrogen and oxygen atoms in total. The van der Waals surface area contributed by atoms with E-state index in [0.717, 1.165) is 24.0 Å². The molecule has 0 aromatic heterocycles. The van der Waals surface area contributed by atoms with Crippen molar-refractivity contribution >= 4 is 11.9 Å². The lowest BCUT2D eigenvalue weighted by Crippen LogP contribution is -2.07. The molecule has 2 N–H and O–H groups in total. The quantitative estimate of drug-likeness (QED) is 0.641. The first-order chi connectivity index (χ1) is 13.9. The van der Waals surface area contributed by atoms with Gasteiger partial charge in [0.1, 0.15) is 5.75 Å². The van der Waals surface area contributed by atoms with Gasteiger partial charge < -0.3 is 24.4 Å². The van der Waals surface area contributed by atoms with E-state index in [0.29, 0.717) is 41.4 Å². The number of hydrogen-bond donors (Lipinski definition) is 2. The molecule has 7 heteroatoms. The Morgan fingerprint density at radius 2 is 1.62 bits per heavy atom. The molecular weight excluding hydrogens is 376 g/mol. The van der Waals surface area contributed by atoms with Gasteiger partial charge in [-0.2, -0.15) is 0 Å². The molecule has 154 valence electrons. The number of fused-ring (bicyclic) bond motifs is 1. The van der Waals surface area contributed by atoms with Crippen LogP contribution in [0.2, 0.25) is 0 Å². The molecule has 1 aliphatic rings. The summed E-state index contributed by atoms with van der Waals surface area (Å²) in [7, 11) is 0. The average Bonchev–Trinajstić information content (AvgIpc) is 3.14. The molecule has 0 atom stereocenters. The van der Waals surface area contributed by atoms with Gasteiger partial charge in [0.05, 0.1) is 12.0 Å². The Labute approximate surface area is 168 Å². The van der Waals surface area contributed by atoms with Crippen LogP contribution in [0.1, 0.15) is 53.7 Å². The maximum atomic E-state index is 11.6. The van der Waals surface area contributed by atoms with Crippen LogP contribution in [0.4, 0.5) is 0 Å². The normalized spacial score (nSPS) is 12.1. The molecule has 0 radical (unpaired) electrons. The third-order valence-corrected chi connectivity index (χ3v) is 4.65. The van der Waals surface area contributed by atoms with Gasteiger partial charge in [-0.25, -0.2) is 4.79 Å². The molecule has 3 rings (SSSR count). The molecule has 0 spiro atoms. The molecule has 2 aromatic carbocycles. The first-order valence-electron chi connectivity index (χ1n) is 9.64. The van der Waals surface area contributed by atoms with Crippen LogP contribution < -0.4 is 14.2 Å². The Kier molecular flexibility index (Phi) is 6.26. The van der Waals surface area contributed by atoms with Crippen LogP contribution in [0.3, 0.4) is 0 Å². The van der Waals surface area contributed by atoms with E-state index in [9.17, 15) is 19.8 Å². The van der Waals surface area contributed by atoms with Gasteiger partial charge in [-0.3, -0.25) is 4.79 Å². The number of carboxylic acid groups (broad SMARTS) is 2. The zero-order chi connectivity index (χ0) is 21.0. The van der Waals surface area contributed by atoms with Gasteiger partial charge in [-0.15, -0.1) is 0 Å². The number of ether oxygens (including phenoxy) is 3. The predicted molar refractivity (Wildman–Crippen MR) is 105 cm³/mol. The van der Waals surface area contributed by atoms with Crippen molar-refractivity contribution in [1.82, 2.24) is 0 Å². The maximum Gasteiger partial charge on any atom is 0.335 e. The summed E-state index contributed by atoms with van der Waals surface area (Å²) in [4.78, 5) is 22.9. The van der Waals surface area contributed by atoms with Gasteiger partial charge in [0, 0.05) is 5.56 Å². The highest BCUT2D eigenvalue weighted by molar-refractivity contribution is 5.88. The summed E-state index contributed by atoms with van der Waals surface area (Å²) in [6.45, 7) is 4.04. The average molecular weight is 400 g/mol. The van der Waals surface area contributed by atoms with E-state index in [4.69, 9.17) is 14.2 Å². The van der Waals surface area contributed by atoms with Crippen molar-refractivity contribution in [3.63, 3.8) is 0 Å². The van der Waals surface area contributed by atoms with Crippen molar-refractivity contribution in [3.05, 3.63) is 46.5 Å². The summed E-state index contributed by atoms with van der Waals surface area (Å²) < 4.78 is 17.3. The molecule has 0 saturated heterocycles. The van der Waals surface area contributed by atoms with Gasteiger partial charge in [0.15, 0.2) is 11.5 Å². The van der Waals surface area contributed by atoms with Crippen LogP contribution in [-0.2, 0) is 24.1 Å². The van der Waals surface area contributed by atoms with E-state index in [2.05, 4.69) is 0 Å². The third-order valence-electron chi connectivity index (χ3n) is 4.65. The summed E-state index contributed by atoms with van der Waals surface area (Å²) >= 11 is 0. The van der Waals surface area contributed by atoms with Crippen molar-refractivity contribution in [1.29, 1.82) is 0 Å². The second kappa shape index (κ2) is 8.86. The summed E-state index contributed by atoms with van der Waals surface area (Å²) in [5, 5.41) is 18.8. The standard InChI is InChI=1S/C22H24O7/c1-3-5-13-9-16(22(25)26)10-14(6-4-2)19(13)29-20-15(11-18(23)24)7-8-17-21(20)28-12-27-17/h7-10H,3-6,11-12H2,1-2H3,(H,23,24)(H,25,26). The summed E-state index contributed by atoms with van der Waals surface area (Å²) in [6.07, 6.45) is 2.64. The Morgan fingerprint density at radius 1 is 0.966 bits per heavy atom. The van der Waals surface area contributed by atoms with Gasteiger partial charge in [0.2, 0.25) is 12.5 Å². The first-order valence-corrected chi connectivity index (χ1v) is 9.64. The second-order valence-corrected chi connectivity index (χ2v) is 6.89. The fraction of sp³-hybridized carbons (Fsp3) is 0.364. The molecule has 0 bridgehead atoms. The topological polar surface area (TPSA) is 102 Å². The number of carboxylic acids is 2.